The molecule has 1 amide bonds. The maximum atomic E-state index is 11.7. The van der Waals surface area contributed by atoms with Crippen molar-refractivity contribution in [2.75, 3.05) is 12.4 Å². The Bertz CT molecular complexity index is 862. The molecule has 0 aromatic heterocycles. The minimum Gasteiger partial charge on any atom is -0.495 e. The van der Waals surface area contributed by atoms with Crippen LogP contribution in [0.25, 0.3) is 0 Å². The van der Waals surface area contributed by atoms with Crippen molar-refractivity contribution in [2.45, 2.75) is 39.0 Å². The highest BCUT2D eigenvalue weighted by Crippen LogP contribution is 2.29. The highest BCUT2D eigenvalue weighted by Gasteiger charge is 2.21. The highest BCUT2D eigenvalue weighted by molar-refractivity contribution is 6.32. The Hall–Kier alpha value is -2.93. The predicted molar refractivity (Wildman–Crippen MR) is 112 cm³/mol. The Balaban J connectivity index is 2.04. The van der Waals surface area contributed by atoms with Crippen LogP contribution in [0.5, 0.6) is 5.75 Å². The average molecular weight is 421 g/mol. The van der Waals surface area contributed by atoms with E-state index in [9.17, 15) is 14.7 Å². The summed E-state index contributed by atoms with van der Waals surface area (Å²) in [6.45, 7) is 5.68. The third-order valence-electron chi connectivity index (χ3n) is 3.86. The molecule has 2 aromatic rings. The van der Waals surface area contributed by atoms with Crippen molar-refractivity contribution in [3.63, 3.8) is 0 Å². The molecule has 8 heteroatoms. The van der Waals surface area contributed by atoms with Gasteiger partial charge in [0.25, 0.3) is 0 Å². The maximum Gasteiger partial charge on any atom is 0.407 e. The summed E-state index contributed by atoms with van der Waals surface area (Å²) >= 11 is 6.01. The standard InChI is InChI=1S/C21H25ClN2O5/c1-21(2,3)29-20(27)23-12-13-5-8-15(9-6-13)24-18(19(25)26)14-7-10-16(22)17(11-14)28-4/h5-11,18,24H,12H2,1-4H3,(H,23,27)(H,25,26). The van der Waals surface area contributed by atoms with Gasteiger partial charge in [0.2, 0.25) is 0 Å². The molecule has 3 N–H and O–H groups in total. The van der Waals surface area contributed by atoms with E-state index < -0.39 is 23.7 Å². The molecule has 156 valence electrons. The van der Waals surface area contributed by atoms with E-state index in [-0.39, 0.29) is 0 Å². The number of alkyl carbamates (subject to hydrolysis) is 1. The topological polar surface area (TPSA) is 96.9 Å². The maximum absolute atomic E-state index is 11.7. The molecule has 1 unspecified atom stereocenters. The first-order valence-electron chi connectivity index (χ1n) is 8.97. The van der Waals surface area contributed by atoms with Crippen LogP contribution in [0.3, 0.4) is 0 Å². The molecular weight excluding hydrogens is 396 g/mol. The van der Waals surface area contributed by atoms with Gasteiger partial charge in [-0.15, -0.1) is 0 Å². The fourth-order valence-corrected chi connectivity index (χ4v) is 2.71. The molecule has 7 nitrogen and oxygen atoms in total. The molecule has 0 bridgehead atoms. The zero-order valence-electron chi connectivity index (χ0n) is 16.8. The number of hydrogen-bond acceptors (Lipinski definition) is 5. The van der Waals surface area contributed by atoms with Crippen LogP contribution in [0.1, 0.15) is 37.9 Å². The zero-order valence-corrected chi connectivity index (χ0v) is 17.5. The number of hydrogen-bond donors (Lipinski definition) is 3. The number of amides is 1. The van der Waals surface area contributed by atoms with Gasteiger partial charge in [0.05, 0.1) is 12.1 Å². The molecule has 0 saturated heterocycles. The number of carboxylic acid groups (broad SMARTS) is 1. The molecule has 29 heavy (non-hydrogen) atoms. The number of carboxylic acids is 1. The van der Waals surface area contributed by atoms with Crippen molar-refractivity contribution in [1.82, 2.24) is 5.32 Å². The second-order valence-corrected chi connectivity index (χ2v) is 7.77. The van der Waals surface area contributed by atoms with Crippen molar-refractivity contribution in [3.05, 3.63) is 58.6 Å². The Labute approximate surface area is 175 Å². The SMILES string of the molecule is COc1cc(C(Nc2ccc(CNC(=O)OC(C)(C)C)cc2)C(=O)O)ccc1Cl. The number of nitrogens with one attached hydrogen (secondary N) is 2. The monoisotopic (exact) mass is 420 g/mol. The number of anilines is 1. The van der Waals surface area contributed by atoms with Crippen molar-refractivity contribution < 1.29 is 24.2 Å². The van der Waals surface area contributed by atoms with E-state index in [0.29, 0.717) is 28.6 Å². The summed E-state index contributed by atoms with van der Waals surface area (Å²) in [5, 5.41) is 15.7. The molecule has 2 rings (SSSR count). The number of ether oxygens (including phenoxy) is 2. The Morgan fingerprint density at radius 3 is 2.34 bits per heavy atom. The largest absolute Gasteiger partial charge is 0.495 e. The van der Waals surface area contributed by atoms with Gasteiger partial charge in [0, 0.05) is 12.2 Å². The van der Waals surface area contributed by atoms with Crippen LogP contribution in [0.2, 0.25) is 5.02 Å². The Kier molecular flexibility index (Phi) is 7.34. The third kappa shape index (κ3) is 6.87. The lowest BCUT2D eigenvalue weighted by molar-refractivity contribution is -0.138. The number of aliphatic carboxylic acids is 1. The third-order valence-corrected chi connectivity index (χ3v) is 4.17. The minimum absolute atomic E-state index is 0.298. The number of halogens is 1. The second-order valence-electron chi connectivity index (χ2n) is 7.36. The summed E-state index contributed by atoms with van der Waals surface area (Å²) in [4.78, 5) is 23.5. The van der Waals surface area contributed by atoms with E-state index in [4.69, 9.17) is 21.1 Å². The van der Waals surface area contributed by atoms with Crippen molar-refractivity contribution >= 4 is 29.4 Å². The van der Waals surface area contributed by atoms with E-state index >= 15 is 0 Å². The minimum atomic E-state index is -1.04. The van der Waals surface area contributed by atoms with Crippen LogP contribution in [0, 0.1) is 0 Å². The summed E-state index contributed by atoms with van der Waals surface area (Å²) in [6, 6.07) is 10.9. The molecule has 1 atom stereocenters. The van der Waals surface area contributed by atoms with Crippen LogP contribution in [-0.4, -0.2) is 29.9 Å². The van der Waals surface area contributed by atoms with Gasteiger partial charge >= 0.3 is 12.1 Å². The summed E-state index contributed by atoms with van der Waals surface area (Å²) in [5.74, 6) is -0.633. The van der Waals surface area contributed by atoms with Crippen LogP contribution in [-0.2, 0) is 16.1 Å². The molecule has 0 aliphatic rings. The van der Waals surface area contributed by atoms with Crippen molar-refractivity contribution in [2.24, 2.45) is 0 Å². The molecule has 0 radical (unpaired) electrons. The fraction of sp³-hybridized carbons (Fsp3) is 0.333. The molecule has 0 aliphatic heterocycles. The smallest absolute Gasteiger partial charge is 0.407 e. The van der Waals surface area contributed by atoms with Gasteiger partial charge in [0.15, 0.2) is 6.04 Å². The normalized spacial score (nSPS) is 12.0. The molecular formula is C21H25ClN2O5. The molecule has 0 spiro atoms. The highest BCUT2D eigenvalue weighted by atomic mass is 35.5. The number of carbonyl (C=O) groups is 2. The first-order chi connectivity index (χ1) is 13.6. The van der Waals surface area contributed by atoms with Crippen LogP contribution < -0.4 is 15.4 Å². The summed E-state index contributed by atoms with van der Waals surface area (Å²) in [7, 11) is 1.47. The van der Waals surface area contributed by atoms with Gasteiger partial charge in [0.1, 0.15) is 11.4 Å². The lowest BCUT2D eigenvalue weighted by atomic mass is 10.1. The molecule has 0 saturated carbocycles. The Morgan fingerprint density at radius 2 is 1.79 bits per heavy atom. The molecule has 2 aromatic carbocycles. The fourth-order valence-electron chi connectivity index (χ4n) is 2.52. The van der Waals surface area contributed by atoms with Gasteiger partial charge in [-0.25, -0.2) is 9.59 Å². The first kappa shape index (κ1) is 22.4. The summed E-state index contributed by atoms with van der Waals surface area (Å²) in [6.07, 6.45) is -0.498. The van der Waals surface area contributed by atoms with E-state index in [1.807, 2.05) is 0 Å². The molecule has 0 fully saturated rings. The number of rotatable bonds is 7. The zero-order chi connectivity index (χ0) is 21.6. The van der Waals surface area contributed by atoms with E-state index in [1.54, 1.807) is 63.2 Å². The quantitative estimate of drug-likeness (QED) is 0.605. The van der Waals surface area contributed by atoms with Crippen molar-refractivity contribution in [3.8, 4) is 5.75 Å². The van der Waals surface area contributed by atoms with Gasteiger partial charge in [-0.3, -0.25) is 0 Å². The second kappa shape index (κ2) is 9.52. The van der Waals surface area contributed by atoms with E-state index in [1.165, 1.54) is 7.11 Å². The Morgan fingerprint density at radius 1 is 1.14 bits per heavy atom. The van der Waals surface area contributed by atoms with Crippen molar-refractivity contribution in [1.29, 1.82) is 0 Å². The van der Waals surface area contributed by atoms with E-state index in [2.05, 4.69) is 10.6 Å². The van der Waals surface area contributed by atoms with Crippen LogP contribution in [0.15, 0.2) is 42.5 Å². The molecule has 0 heterocycles. The van der Waals surface area contributed by atoms with E-state index in [0.717, 1.165) is 5.56 Å². The average Bonchev–Trinajstić information content (AvgIpc) is 2.64. The number of carbonyl (C=O) groups excluding carboxylic acids is 1. The van der Waals surface area contributed by atoms with Gasteiger partial charge in [-0.1, -0.05) is 29.8 Å². The van der Waals surface area contributed by atoms with Gasteiger partial charge in [-0.05, 0) is 56.2 Å². The van der Waals surface area contributed by atoms with Crippen LogP contribution in [0.4, 0.5) is 10.5 Å². The number of methoxy groups -OCH3 is 1. The van der Waals surface area contributed by atoms with Crippen LogP contribution >= 0.6 is 11.6 Å². The lowest BCUT2D eigenvalue weighted by Gasteiger charge is -2.20. The lowest BCUT2D eigenvalue weighted by Crippen LogP contribution is -2.32. The van der Waals surface area contributed by atoms with Gasteiger partial charge < -0.3 is 25.2 Å². The predicted octanol–water partition coefficient (Wildman–Crippen LogP) is 4.61. The van der Waals surface area contributed by atoms with Gasteiger partial charge in [-0.2, -0.15) is 0 Å². The number of benzene rings is 2. The molecule has 0 aliphatic carbocycles. The summed E-state index contributed by atoms with van der Waals surface area (Å²) < 4.78 is 10.4. The first-order valence-corrected chi connectivity index (χ1v) is 9.35. The summed E-state index contributed by atoms with van der Waals surface area (Å²) in [5.41, 5.74) is 1.41.